The van der Waals surface area contributed by atoms with E-state index < -0.39 is 6.10 Å². The van der Waals surface area contributed by atoms with E-state index in [0.717, 1.165) is 0 Å². The van der Waals surface area contributed by atoms with Gasteiger partial charge < -0.3 is 19.6 Å². The van der Waals surface area contributed by atoms with Crippen LogP contribution in [0.2, 0.25) is 0 Å². The maximum atomic E-state index is 12.8. The van der Waals surface area contributed by atoms with Crippen molar-refractivity contribution in [3.8, 4) is 5.75 Å². The monoisotopic (exact) mass is 335 g/mol. The van der Waals surface area contributed by atoms with Gasteiger partial charge in [-0.1, -0.05) is 13.8 Å². The van der Waals surface area contributed by atoms with Crippen molar-refractivity contribution in [3.05, 3.63) is 53.7 Å². The Bertz CT molecular complexity index is 651. The molecule has 0 spiro atoms. The lowest BCUT2D eigenvalue weighted by Gasteiger charge is -2.13. The van der Waals surface area contributed by atoms with Gasteiger partial charge in [-0.3, -0.25) is 4.79 Å². The van der Waals surface area contributed by atoms with Crippen molar-refractivity contribution in [1.82, 2.24) is 5.32 Å². The number of amides is 1. The second kappa shape index (κ2) is 8.49. The molecule has 2 N–H and O–H groups in total. The number of rotatable bonds is 8. The molecule has 0 aliphatic heterocycles. The highest BCUT2D eigenvalue weighted by Crippen LogP contribution is 2.15. The van der Waals surface area contributed by atoms with Gasteiger partial charge in [0.2, 0.25) is 0 Å². The number of hydrogen-bond donors (Lipinski definition) is 2. The summed E-state index contributed by atoms with van der Waals surface area (Å²) >= 11 is 0. The Balaban J connectivity index is 1.81. The van der Waals surface area contributed by atoms with E-state index in [-0.39, 0.29) is 30.6 Å². The minimum absolute atomic E-state index is 0.134. The van der Waals surface area contributed by atoms with Crippen molar-refractivity contribution in [2.24, 2.45) is 5.92 Å². The molecule has 1 amide bonds. The van der Waals surface area contributed by atoms with E-state index in [4.69, 9.17) is 9.15 Å². The van der Waals surface area contributed by atoms with Gasteiger partial charge in [0.25, 0.3) is 5.91 Å². The zero-order chi connectivity index (χ0) is 17.5. The molecule has 6 heteroatoms. The van der Waals surface area contributed by atoms with Crippen molar-refractivity contribution in [1.29, 1.82) is 0 Å². The zero-order valence-corrected chi connectivity index (χ0v) is 13.8. The molecule has 2 rings (SSSR count). The van der Waals surface area contributed by atoms with E-state index >= 15 is 0 Å². The van der Waals surface area contributed by atoms with Gasteiger partial charge in [0, 0.05) is 6.54 Å². The molecule has 1 aromatic carbocycles. The largest absolute Gasteiger partial charge is 0.486 e. The lowest BCUT2D eigenvalue weighted by molar-refractivity contribution is 0.0870. The number of benzene rings is 1. The average Bonchev–Trinajstić information content (AvgIpc) is 3.00. The number of carbonyl (C=O) groups is 1. The van der Waals surface area contributed by atoms with E-state index in [2.05, 4.69) is 5.32 Å². The van der Waals surface area contributed by atoms with Gasteiger partial charge in [0.05, 0.1) is 6.10 Å². The Labute approximate surface area is 140 Å². The third kappa shape index (κ3) is 5.70. The van der Waals surface area contributed by atoms with Crippen LogP contribution in [0.3, 0.4) is 0 Å². The van der Waals surface area contributed by atoms with Crippen molar-refractivity contribution in [2.75, 3.05) is 6.54 Å². The summed E-state index contributed by atoms with van der Waals surface area (Å²) in [6.07, 6.45) is 0.0417. The first kappa shape index (κ1) is 18.0. The van der Waals surface area contributed by atoms with Gasteiger partial charge in [-0.05, 0) is 48.7 Å². The fourth-order valence-corrected chi connectivity index (χ4v) is 2.19. The Hall–Kier alpha value is -2.34. The maximum absolute atomic E-state index is 12.8. The number of nitrogens with one attached hydrogen (secondary N) is 1. The number of furan rings is 1. The Morgan fingerprint density at radius 1 is 1.25 bits per heavy atom. The number of aliphatic hydroxyl groups excluding tert-OH is 1. The molecule has 0 saturated heterocycles. The number of aliphatic hydroxyl groups is 1. The molecule has 5 nitrogen and oxygen atoms in total. The van der Waals surface area contributed by atoms with E-state index in [9.17, 15) is 14.3 Å². The molecule has 130 valence electrons. The third-order valence-corrected chi connectivity index (χ3v) is 3.32. The first-order valence-corrected chi connectivity index (χ1v) is 7.87. The van der Waals surface area contributed by atoms with Crippen LogP contribution in [-0.2, 0) is 6.61 Å². The van der Waals surface area contributed by atoms with Crippen molar-refractivity contribution in [2.45, 2.75) is 33.0 Å². The van der Waals surface area contributed by atoms with Crippen LogP contribution in [0.15, 0.2) is 40.8 Å². The quantitative estimate of drug-likeness (QED) is 0.777. The Kier molecular flexibility index (Phi) is 6.37. The van der Waals surface area contributed by atoms with Gasteiger partial charge in [0.1, 0.15) is 23.9 Å². The number of hydrogen-bond acceptors (Lipinski definition) is 4. The second-order valence-corrected chi connectivity index (χ2v) is 6.00. The second-order valence-electron chi connectivity index (χ2n) is 6.00. The molecule has 1 unspecified atom stereocenters. The SMILES string of the molecule is CC(C)CC(O)CNC(=O)c1ccc(COc2ccc(F)cc2)o1. The Morgan fingerprint density at radius 2 is 1.96 bits per heavy atom. The lowest BCUT2D eigenvalue weighted by atomic mass is 10.1. The summed E-state index contributed by atoms with van der Waals surface area (Å²) < 4.78 is 23.7. The average molecular weight is 335 g/mol. The molecule has 0 radical (unpaired) electrons. The number of carbonyl (C=O) groups excluding carboxylic acids is 1. The highest BCUT2D eigenvalue weighted by Gasteiger charge is 2.14. The summed E-state index contributed by atoms with van der Waals surface area (Å²) in [5.41, 5.74) is 0. The predicted molar refractivity (Wildman–Crippen MR) is 87.2 cm³/mol. The number of halogens is 1. The van der Waals surface area contributed by atoms with Crippen LogP contribution >= 0.6 is 0 Å². The summed E-state index contributed by atoms with van der Waals surface area (Å²) in [5, 5.41) is 12.4. The zero-order valence-electron chi connectivity index (χ0n) is 13.8. The summed E-state index contributed by atoms with van der Waals surface area (Å²) in [4.78, 5) is 12.0. The Morgan fingerprint density at radius 3 is 2.62 bits per heavy atom. The van der Waals surface area contributed by atoms with Crippen molar-refractivity contribution >= 4 is 5.91 Å². The first-order valence-electron chi connectivity index (χ1n) is 7.87. The minimum atomic E-state index is -0.579. The molecule has 1 heterocycles. The summed E-state index contributed by atoms with van der Waals surface area (Å²) in [5.74, 6) is 0.785. The smallest absolute Gasteiger partial charge is 0.287 e. The summed E-state index contributed by atoms with van der Waals surface area (Å²) in [7, 11) is 0. The topological polar surface area (TPSA) is 71.7 Å². The van der Waals surface area contributed by atoms with E-state index in [1.54, 1.807) is 12.1 Å². The van der Waals surface area contributed by atoms with E-state index in [1.165, 1.54) is 24.3 Å². The highest BCUT2D eigenvalue weighted by atomic mass is 19.1. The molecule has 1 aromatic heterocycles. The van der Waals surface area contributed by atoms with Gasteiger partial charge in [-0.25, -0.2) is 4.39 Å². The van der Waals surface area contributed by atoms with Crippen LogP contribution in [0.1, 0.15) is 36.6 Å². The molecule has 0 fully saturated rings. The molecule has 0 aliphatic carbocycles. The first-order chi connectivity index (χ1) is 11.4. The van der Waals surface area contributed by atoms with Gasteiger partial charge in [-0.2, -0.15) is 0 Å². The standard InChI is InChI=1S/C18H22FNO4/c1-12(2)9-14(21)10-20-18(22)17-8-7-16(24-17)11-23-15-5-3-13(19)4-6-15/h3-8,12,14,21H,9-11H2,1-2H3,(H,20,22). The molecule has 0 saturated carbocycles. The molecular formula is C18H22FNO4. The normalized spacial score (nSPS) is 12.2. The van der Waals surface area contributed by atoms with Gasteiger partial charge >= 0.3 is 0 Å². The van der Waals surface area contributed by atoms with Crippen LogP contribution in [0.4, 0.5) is 4.39 Å². The highest BCUT2D eigenvalue weighted by molar-refractivity contribution is 5.91. The van der Waals surface area contributed by atoms with Crippen LogP contribution < -0.4 is 10.1 Å². The predicted octanol–water partition coefficient (Wildman–Crippen LogP) is 3.13. The summed E-state index contributed by atoms with van der Waals surface area (Å²) in [6.45, 7) is 4.32. The van der Waals surface area contributed by atoms with Crippen molar-refractivity contribution in [3.63, 3.8) is 0 Å². The molecule has 1 atom stereocenters. The molecule has 0 aliphatic rings. The van der Waals surface area contributed by atoms with Crippen molar-refractivity contribution < 1.29 is 23.4 Å². The lowest BCUT2D eigenvalue weighted by Crippen LogP contribution is -2.32. The molecular weight excluding hydrogens is 313 g/mol. The molecule has 0 bridgehead atoms. The van der Waals surface area contributed by atoms with Gasteiger partial charge in [-0.15, -0.1) is 0 Å². The van der Waals surface area contributed by atoms with Crippen LogP contribution in [-0.4, -0.2) is 23.7 Å². The maximum Gasteiger partial charge on any atom is 0.287 e. The van der Waals surface area contributed by atoms with Crippen LogP contribution in [0.5, 0.6) is 5.75 Å². The molecule has 2 aromatic rings. The summed E-state index contributed by atoms with van der Waals surface area (Å²) in [6, 6.07) is 8.83. The van der Waals surface area contributed by atoms with Crippen LogP contribution in [0, 0.1) is 11.7 Å². The van der Waals surface area contributed by atoms with E-state index in [1.807, 2.05) is 13.8 Å². The fourth-order valence-electron chi connectivity index (χ4n) is 2.19. The van der Waals surface area contributed by atoms with Crippen LogP contribution in [0.25, 0.3) is 0 Å². The van der Waals surface area contributed by atoms with Gasteiger partial charge in [0.15, 0.2) is 5.76 Å². The number of ether oxygens (including phenoxy) is 1. The van der Waals surface area contributed by atoms with E-state index in [0.29, 0.717) is 23.8 Å². The third-order valence-electron chi connectivity index (χ3n) is 3.32. The molecule has 24 heavy (non-hydrogen) atoms. The minimum Gasteiger partial charge on any atom is -0.486 e. The fraction of sp³-hybridized carbons (Fsp3) is 0.389.